The number of carbonyl (C=O) groups is 1. The van der Waals surface area contributed by atoms with Gasteiger partial charge in [0.25, 0.3) is 0 Å². The van der Waals surface area contributed by atoms with Crippen molar-refractivity contribution in [1.29, 1.82) is 0 Å². The molecule has 0 bridgehead atoms. The van der Waals surface area contributed by atoms with E-state index in [1.165, 1.54) is 12.1 Å². The Morgan fingerprint density at radius 2 is 1.55 bits per heavy atom. The summed E-state index contributed by atoms with van der Waals surface area (Å²) in [4.78, 5) is 17.9. The molecule has 2 rings (SSSR count). The molecule has 0 saturated carbocycles. The Balaban J connectivity index is 2.16. The SMILES string of the molecule is O=Cc1ccccc1COc1cc(OF)cc(OF)c1. The van der Waals surface area contributed by atoms with E-state index in [1.807, 2.05) is 0 Å². The van der Waals surface area contributed by atoms with Crippen LogP contribution in [0.25, 0.3) is 0 Å². The van der Waals surface area contributed by atoms with Gasteiger partial charge in [-0.05, 0) is 5.56 Å². The van der Waals surface area contributed by atoms with Crippen LogP contribution in [-0.2, 0) is 6.61 Å². The normalized spacial score (nSPS) is 9.90. The molecule has 2 aromatic rings. The van der Waals surface area contributed by atoms with Gasteiger partial charge in [-0.1, -0.05) is 24.3 Å². The fourth-order valence-corrected chi connectivity index (χ4v) is 1.66. The van der Waals surface area contributed by atoms with Gasteiger partial charge in [0, 0.05) is 32.8 Å². The molecule has 4 nitrogen and oxygen atoms in total. The number of hydrogen-bond acceptors (Lipinski definition) is 4. The van der Waals surface area contributed by atoms with Crippen LogP contribution in [-0.4, -0.2) is 6.29 Å². The molecular weight excluding hydrogens is 270 g/mol. The van der Waals surface area contributed by atoms with Crippen LogP contribution in [0.5, 0.6) is 17.2 Å². The molecule has 0 aliphatic rings. The molecule has 0 N–H and O–H groups in total. The summed E-state index contributed by atoms with van der Waals surface area (Å²) in [5.41, 5.74) is 1.13. The molecule has 0 unspecified atom stereocenters. The van der Waals surface area contributed by atoms with Crippen LogP contribution in [0, 0.1) is 0 Å². The lowest BCUT2D eigenvalue weighted by Crippen LogP contribution is -1.99. The highest BCUT2D eigenvalue weighted by molar-refractivity contribution is 5.77. The highest BCUT2D eigenvalue weighted by atomic mass is 19.3. The second-order valence-corrected chi connectivity index (χ2v) is 3.90. The smallest absolute Gasteiger partial charge is 0.179 e. The third kappa shape index (κ3) is 3.23. The number of carbonyl (C=O) groups excluding carboxylic acids is 1. The Hall–Kier alpha value is -2.63. The number of halogens is 2. The van der Waals surface area contributed by atoms with E-state index in [9.17, 15) is 13.8 Å². The summed E-state index contributed by atoms with van der Waals surface area (Å²) in [6, 6.07) is 10.3. The van der Waals surface area contributed by atoms with Crippen LogP contribution in [0.4, 0.5) is 9.05 Å². The third-order valence-corrected chi connectivity index (χ3v) is 2.61. The van der Waals surface area contributed by atoms with Gasteiger partial charge < -0.3 is 4.74 Å². The van der Waals surface area contributed by atoms with Gasteiger partial charge in [-0.2, -0.15) is 0 Å². The highest BCUT2D eigenvalue weighted by Crippen LogP contribution is 2.29. The molecule has 20 heavy (non-hydrogen) atoms. The first kappa shape index (κ1) is 13.8. The van der Waals surface area contributed by atoms with Gasteiger partial charge in [-0.15, -0.1) is 0 Å². The van der Waals surface area contributed by atoms with Gasteiger partial charge in [0.15, 0.2) is 11.5 Å². The Kier molecular flexibility index (Phi) is 4.49. The summed E-state index contributed by atoms with van der Waals surface area (Å²) in [6.45, 7) is 0.0659. The van der Waals surface area contributed by atoms with Crippen LogP contribution < -0.4 is 14.6 Å². The monoisotopic (exact) mass is 280 g/mol. The van der Waals surface area contributed by atoms with Gasteiger partial charge in [0.05, 0.1) is 0 Å². The van der Waals surface area contributed by atoms with Crippen molar-refractivity contribution in [2.75, 3.05) is 0 Å². The first-order chi connectivity index (χ1) is 9.76. The number of ether oxygens (including phenoxy) is 1. The van der Waals surface area contributed by atoms with Crippen molar-refractivity contribution in [3.05, 3.63) is 53.6 Å². The molecule has 0 heterocycles. The molecule has 0 fully saturated rings. The minimum Gasteiger partial charge on any atom is -0.489 e. The van der Waals surface area contributed by atoms with Crippen LogP contribution in [0.1, 0.15) is 15.9 Å². The Bertz CT molecular complexity index is 579. The van der Waals surface area contributed by atoms with Crippen LogP contribution in [0.15, 0.2) is 42.5 Å². The van der Waals surface area contributed by atoms with Gasteiger partial charge in [0.2, 0.25) is 0 Å². The molecule has 0 amide bonds. The second kappa shape index (κ2) is 6.51. The number of benzene rings is 2. The lowest BCUT2D eigenvalue weighted by molar-refractivity contribution is -0.0159. The maximum Gasteiger partial charge on any atom is 0.179 e. The molecular formula is C14H10F2O4. The average molecular weight is 280 g/mol. The number of rotatable bonds is 6. The van der Waals surface area contributed by atoms with Gasteiger partial charge in [-0.3, -0.25) is 14.7 Å². The number of hydrogen-bond donors (Lipinski definition) is 0. The van der Waals surface area contributed by atoms with Gasteiger partial charge >= 0.3 is 0 Å². The Labute approximate surface area is 113 Å². The van der Waals surface area contributed by atoms with Crippen molar-refractivity contribution < 1.29 is 28.5 Å². The number of aldehydes is 1. The van der Waals surface area contributed by atoms with E-state index in [4.69, 9.17) is 4.74 Å². The van der Waals surface area contributed by atoms with E-state index in [1.54, 1.807) is 24.3 Å². The molecule has 0 aromatic heterocycles. The van der Waals surface area contributed by atoms with Gasteiger partial charge in [0.1, 0.15) is 18.6 Å². The van der Waals surface area contributed by atoms with Crippen LogP contribution in [0.2, 0.25) is 0 Å². The molecule has 0 saturated heterocycles. The first-order valence-corrected chi connectivity index (χ1v) is 5.65. The summed E-state index contributed by atoms with van der Waals surface area (Å²) >= 11 is 0. The minimum atomic E-state index is -0.251. The first-order valence-electron chi connectivity index (χ1n) is 5.65. The quantitative estimate of drug-likeness (QED) is 0.758. The zero-order valence-electron chi connectivity index (χ0n) is 10.2. The van der Waals surface area contributed by atoms with Crippen molar-refractivity contribution in [2.45, 2.75) is 6.61 Å². The molecule has 0 spiro atoms. The zero-order valence-corrected chi connectivity index (χ0v) is 10.2. The molecule has 2 aromatic carbocycles. The zero-order chi connectivity index (χ0) is 14.4. The fraction of sp³-hybridized carbons (Fsp3) is 0.0714. The van der Waals surface area contributed by atoms with Crippen molar-refractivity contribution in [3.63, 3.8) is 0 Å². The average Bonchev–Trinajstić information content (AvgIpc) is 2.52. The second-order valence-electron chi connectivity index (χ2n) is 3.90. The van der Waals surface area contributed by atoms with Gasteiger partial charge in [-0.25, -0.2) is 0 Å². The van der Waals surface area contributed by atoms with E-state index >= 15 is 0 Å². The maximum atomic E-state index is 12.1. The lowest BCUT2D eigenvalue weighted by atomic mass is 10.1. The standard InChI is InChI=1S/C14H10F2O4/c15-19-13-5-12(6-14(7-13)20-16)18-9-11-4-2-1-3-10(11)8-17/h1-8H,9H2. The predicted octanol–water partition coefficient (Wildman–Crippen LogP) is 3.60. The van der Waals surface area contributed by atoms with E-state index in [0.717, 1.165) is 6.07 Å². The van der Waals surface area contributed by atoms with Crippen LogP contribution in [0.3, 0.4) is 0 Å². The Morgan fingerprint density at radius 3 is 2.15 bits per heavy atom. The lowest BCUT2D eigenvalue weighted by Gasteiger charge is -2.09. The van der Waals surface area contributed by atoms with Crippen molar-refractivity contribution in [3.8, 4) is 17.2 Å². The molecule has 6 heteroatoms. The summed E-state index contributed by atoms with van der Waals surface area (Å²) < 4.78 is 29.6. The van der Waals surface area contributed by atoms with E-state index in [-0.39, 0.29) is 23.9 Å². The fourth-order valence-electron chi connectivity index (χ4n) is 1.66. The molecule has 0 radical (unpaired) electrons. The summed E-state index contributed by atoms with van der Waals surface area (Å²) in [6.07, 6.45) is 0.704. The minimum absolute atomic E-state index is 0.0659. The predicted molar refractivity (Wildman–Crippen MR) is 66.1 cm³/mol. The highest BCUT2D eigenvalue weighted by Gasteiger charge is 2.07. The maximum absolute atomic E-state index is 12.1. The summed E-state index contributed by atoms with van der Waals surface area (Å²) in [7, 11) is 0. The van der Waals surface area contributed by atoms with E-state index in [2.05, 4.69) is 9.88 Å². The van der Waals surface area contributed by atoms with E-state index in [0.29, 0.717) is 17.4 Å². The summed E-state index contributed by atoms with van der Waals surface area (Å²) in [5, 5.41) is 0. The topological polar surface area (TPSA) is 44.8 Å². The molecule has 104 valence electrons. The van der Waals surface area contributed by atoms with Crippen LogP contribution >= 0.6 is 0 Å². The van der Waals surface area contributed by atoms with Crippen molar-refractivity contribution in [2.24, 2.45) is 0 Å². The molecule has 0 aliphatic carbocycles. The third-order valence-electron chi connectivity index (χ3n) is 2.61. The van der Waals surface area contributed by atoms with Crippen molar-refractivity contribution >= 4 is 6.29 Å². The van der Waals surface area contributed by atoms with Crippen molar-refractivity contribution in [1.82, 2.24) is 0 Å². The molecule has 0 aliphatic heterocycles. The largest absolute Gasteiger partial charge is 0.489 e. The Morgan fingerprint density at radius 1 is 0.950 bits per heavy atom. The summed E-state index contributed by atoms with van der Waals surface area (Å²) in [5.74, 6) is -0.355. The van der Waals surface area contributed by atoms with E-state index < -0.39 is 0 Å². The molecule has 0 atom stereocenters.